The highest BCUT2D eigenvalue weighted by Gasteiger charge is 2.55. The zero-order valence-corrected chi connectivity index (χ0v) is 12.3. The molecule has 0 aromatic heterocycles. The molecule has 112 valence electrons. The van der Waals surface area contributed by atoms with Gasteiger partial charge in [-0.25, -0.2) is 0 Å². The summed E-state index contributed by atoms with van der Waals surface area (Å²) in [6, 6.07) is 0. The van der Waals surface area contributed by atoms with Gasteiger partial charge in [0.15, 0.2) is 0 Å². The normalized spacial score (nSPS) is 32.5. The number of hydrogen-bond acceptors (Lipinski definition) is 3. The predicted octanol–water partition coefficient (Wildman–Crippen LogP) is 0.313. The van der Waals surface area contributed by atoms with E-state index in [1.165, 1.54) is 25.7 Å². The largest absolute Gasteiger partial charge is 0.339 e. The van der Waals surface area contributed by atoms with Gasteiger partial charge in [0.25, 0.3) is 0 Å². The average Bonchev–Trinajstić information content (AvgIpc) is 3.21. The minimum Gasteiger partial charge on any atom is -0.339 e. The first-order valence-corrected chi connectivity index (χ1v) is 7.92. The highest BCUT2D eigenvalue weighted by molar-refractivity contribution is 5.87. The second-order valence-corrected chi connectivity index (χ2v) is 6.46. The fourth-order valence-electron chi connectivity index (χ4n) is 3.91. The summed E-state index contributed by atoms with van der Waals surface area (Å²) in [5.74, 6) is 1.75. The van der Waals surface area contributed by atoms with Crippen LogP contribution in [0.2, 0.25) is 0 Å². The molecule has 2 atom stereocenters. The van der Waals surface area contributed by atoms with E-state index < -0.39 is 0 Å². The number of hydrogen-bond donors (Lipinski definition) is 1. The molecule has 0 radical (unpaired) electrons. The molecule has 1 heterocycles. The van der Waals surface area contributed by atoms with E-state index in [9.17, 15) is 9.59 Å². The minimum atomic E-state index is 0.0889. The molecular weight excluding hydrogens is 254 g/mol. The molecule has 1 saturated heterocycles. The van der Waals surface area contributed by atoms with Crippen LogP contribution in [0, 0.1) is 17.8 Å². The fourth-order valence-corrected chi connectivity index (χ4v) is 3.91. The van der Waals surface area contributed by atoms with Crippen LogP contribution in [0.3, 0.4) is 0 Å². The first kappa shape index (κ1) is 13.9. The monoisotopic (exact) mass is 279 g/mol. The van der Waals surface area contributed by atoms with Crippen molar-refractivity contribution in [2.45, 2.75) is 25.7 Å². The second-order valence-electron chi connectivity index (χ2n) is 6.46. The number of nitrogens with one attached hydrogen (secondary N) is 1. The van der Waals surface area contributed by atoms with E-state index in [2.05, 4.69) is 5.32 Å². The summed E-state index contributed by atoms with van der Waals surface area (Å²) in [6.07, 6.45) is 4.96. The van der Waals surface area contributed by atoms with Crippen LogP contribution in [0.1, 0.15) is 25.7 Å². The minimum absolute atomic E-state index is 0.0889. The molecule has 1 N–H and O–H groups in total. The number of fused-ring (bicyclic) bond motifs is 1. The van der Waals surface area contributed by atoms with Gasteiger partial charge in [0.2, 0.25) is 11.8 Å². The van der Waals surface area contributed by atoms with Crippen LogP contribution in [0.4, 0.5) is 0 Å². The van der Waals surface area contributed by atoms with Crippen LogP contribution in [0.15, 0.2) is 0 Å². The number of amides is 2. The maximum atomic E-state index is 12.4. The predicted molar refractivity (Wildman–Crippen MR) is 76.0 cm³/mol. The molecular formula is C15H25N3O2. The zero-order chi connectivity index (χ0) is 14.1. The number of piperazine rings is 1. The van der Waals surface area contributed by atoms with Crippen molar-refractivity contribution in [2.75, 3.05) is 39.8 Å². The lowest BCUT2D eigenvalue weighted by molar-refractivity contribution is -0.140. The van der Waals surface area contributed by atoms with Gasteiger partial charge in [0.05, 0.1) is 6.54 Å². The van der Waals surface area contributed by atoms with Crippen LogP contribution in [0.5, 0.6) is 0 Å². The van der Waals surface area contributed by atoms with Gasteiger partial charge >= 0.3 is 0 Å². The molecule has 3 aliphatic rings. The summed E-state index contributed by atoms with van der Waals surface area (Å²) in [4.78, 5) is 28.1. The van der Waals surface area contributed by atoms with E-state index in [0.717, 1.165) is 26.2 Å². The molecule has 2 amide bonds. The van der Waals surface area contributed by atoms with Gasteiger partial charge < -0.3 is 15.1 Å². The summed E-state index contributed by atoms with van der Waals surface area (Å²) < 4.78 is 0. The Morgan fingerprint density at radius 2 is 1.75 bits per heavy atom. The van der Waals surface area contributed by atoms with Crippen LogP contribution in [-0.4, -0.2) is 61.4 Å². The number of carbonyl (C=O) groups excluding carboxylic acids is 2. The van der Waals surface area contributed by atoms with Crippen molar-refractivity contribution < 1.29 is 9.59 Å². The van der Waals surface area contributed by atoms with Crippen LogP contribution in [0.25, 0.3) is 0 Å². The highest BCUT2D eigenvalue weighted by atomic mass is 16.2. The topological polar surface area (TPSA) is 52.7 Å². The fraction of sp³-hybridized carbons (Fsp3) is 0.867. The summed E-state index contributed by atoms with van der Waals surface area (Å²) in [5, 5.41) is 3.23. The molecule has 0 aromatic carbocycles. The molecule has 2 saturated carbocycles. The molecule has 5 heteroatoms. The maximum absolute atomic E-state index is 12.4. The van der Waals surface area contributed by atoms with Crippen molar-refractivity contribution in [1.82, 2.24) is 15.1 Å². The molecule has 3 fully saturated rings. The van der Waals surface area contributed by atoms with Crippen molar-refractivity contribution >= 4 is 11.8 Å². The molecule has 0 bridgehead atoms. The van der Waals surface area contributed by atoms with E-state index in [-0.39, 0.29) is 24.3 Å². The van der Waals surface area contributed by atoms with E-state index in [0.29, 0.717) is 11.8 Å². The third kappa shape index (κ3) is 2.68. The Kier molecular flexibility index (Phi) is 3.96. The van der Waals surface area contributed by atoms with Crippen LogP contribution in [-0.2, 0) is 9.59 Å². The standard InChI is InChI=1S/C15H25N3O2/c1-17(10-13(19)18-8-6-16-7-9-18)15(20)14-11-4-2-3-5-12(11)14/h11-12,14,16H,2-10H2,1H3. The molecule has 0 aromatic rings. The van der Waals surface area contributed by atoms with Gasteiger partial charge in [-0.05, 0) is 24.7 Å². The van der Waals surface area contributed by atoms with Gasteiger partial charge in [-0.1, -0.05) is 12.8 Å². The Morgan fingerprint density at radius 1 is 1.15 bits per heavy atom. The van der Waals surface area contributed by atoms with Gasteiger partial charge in [0, 0.05) is 39.1 Å². The SMILES string of the molecule is CN(CC(=O)N1CCNCC1)C(=O)C1C2CCCCC21. The lowest BCUT2D eigenvalue weighted by Crippen LogP contribution is -2.50. The molecule has 2 aliphatic carbocycles. The van der Waals surface area contributed by atoms with Gasteiger partial charge in [-0.15, -0.1) is 0 Å². The number of rotatable bonds is 3. The Balaban J connectivity index is 1.50. The molecule has 0 spiro atoms. The summed E-state index contributed by atoms with van der Waals surface area (Å²) >= 11 is 0. The third-order valence-electron chi connectivity index (χ3n) is 5.16. The zero-order valence-electron chi connectivity index (χ0n) is 12.3. The molecule has 5 nitrogen and oxygen atoms in total. The van der Waals surface area contributed by atoms with Crippen molar-refractivity contribution in [2.24, 2.45) is 17.8 Å². The Bertz CT molecular complexity index is 381. The van der Waals surface area contributed by atoms with Crippen LogP contribution >= 0.6 is 0 Å². The van der Waals surface area contributed by atoms with E-state index in [1.54, 1.807) is 11.9 Å². The number of likely N-dealkylation sites (N-methyl/N-ethyl adjacent to an activating group) is 1. The lowest BCUT2D eigenvalue weighted by atomic mass is 10.0. The first-order valence-electron chi connectivity index (χ1n) is 7.92. The summed E-state index contributed by atoms with van der Waals surface area (Å²) in [7, 11) is 1.78. The van der Waals surface area contributed by atoms with Crippen molar-refractivity contribution in [1.29, 1.82) is 0 Å². The Hall–Kier alpha value is -1.10. The Morgan fingerprint density at radius 3 is 2.35 bits per heavy atom. The smallest absolute Gasteiger partial charge is 0.242 e. The molecule has 2 unspecified atom stereocenters. The number of nitrogens with zero attached hydrogens (tertiary/aromatic N) is 2. The Labute approximate surface area is 120 Å². The van der Waals surface area contributed by atoms with Crippen molar-refractivity contribution in [3.05, 3.63) is 0 Å². The van der Waals surface area contributed by atoms with Gasteiger partial charge in [-0.3, -0.25) is 9.59 Å². The van der Waals surface area contributed by atoms with Crippen LogP contribution < -0.4 is 5.32 Å². The van der Waals surface area contributed by atoms with E-state index in [1.807, 2.05) is 4.90 Å². The van der Waals surface area contributed by atoms with Crippen molar-refractivity contribution in [3.8, 4) is 0 Å². The molecule has 20 heavy (non-hydrogen) atoms. The van der Waals surface area contributed by atoms with Gasteiger partial charge in [0.1, 0.15) is 0 Å². The quantitative estimate of drug-likeness (QED) is 0.809. The number of carbonyl (C=O) groups is 2. The summed E-state index contributed by atoms with van der Waals surface area (Å²) in [6.45, 7) is 3.48. The maximum Gasteiger partial charge on any atom is 0.242 e. The van der Waals surface area contributed by atoms with Gasteiger partial charge in [-0.2, -0.15) is 0 Å². The average molecular weight is 279 g/mol. The second kappa shape index (κ2) is 5.72. The highest BCUT2D eigenvalue weighted by Crippen LogP contribution is 2.55. The van der Waals surface area contributed by atoms with Crippen molar-refractivity contribution in [3.63, 3.8) is 0 Å². The first-order chi connectivity index (χ1) is 9.68. The third-order valence-corrected chi connectivity index (χ3v) is 5.16. The van der Waals surface area contributed by atoms with E-state index in [4.69, 9.17) is 0 Å². The summed E-state index contributed by atoms with van der Waals surface area (Å²) in [5.41, 5.74) is 0. The molecule has 1 aliphatic heterocycles. The van der Waals surface area contributed by atoms with E-state index >= 15 is 0 Å². The molecule has 3 rings (SSSR count). The lowest BCUT2D eigenvalue weighted by Gasteiger charge is -2.29.